The van der Waals surface area contributed by atoms with Gasteiger partial charge in [-0.3, -0.25) is 0 Å². The number of amides is 1. The van der Waals surface area contributed by atoms with Gasteiger partial charge in [-0.1, -0.05) is 18.5 Å². The molecule has 0 spiro atoms. The molecule has 0 radical (unpaired) electrons. The summed E-state index contributed by atoms with van der Waals surface area (Å²) in [6.45, 7) is 7.92. The second-order valence-electron chi connectivity index (χ2n) is 11.4. The molecule has 1 aliphatic heterocycles. The molecule has 1 atom stereocenters. The highest BCUT2D eigenvalue weighted by Crippen LogP contribution is 2.51. The molecule has 204 valence electrons. The van der Waals surface area contributed by atoms with Crippen LogP contribution in [0.5, 0.6) is 11.6 Å². The van der Waals surface area contributed by atoms with Crippen molar-refractivity contribution in [3.05, 3.63) is 29.4 Å². The van der Waals surface area contributed by atoms with Gasteiger partial charge in [-0.2, -0.15) is 11.8 Å². The molecule has 2 aliphatic rings. The maximum Gasteiger partial charge on any atom is 0.407 e. The van der Waals surface area contributed by atoms with E-state index in [2.05, 4.69) is 17.2 Å². The third-order valence-corrected chi connectivity index (χ3v) is 9.30. The smallest absolute Gasteiger partial charge is 0.407 e. The molecule has 6 nitrogen and oxygen atoms in total. The van der Waals surface area contributed by atoms with E-state index in [1.807, 2.05) is 50.7 Å². The fraction of sp³-hybridized carbons (Fsp3) is 0.655. The highest BCUT2D eigenvalue weighted by atomic mass is 35.5. The SMILES string of the molecule is CC[C@@H](NC(=O)OC(C)(C)C)C1(C2CCSCC2)CCC(Oc2cc3ccnc(OC)c3cc2Cl)CC1. The predicted octanol–water partition coefficient (Wildman–Crippen LogP) is 7.65. The van der Waals surface area contributed by atoms with Gasteiger partial charge < -0.3 is 19.5 Å². The summed E-state index contributed by atoms with van der Waals surface area (Å²) in [5.41, 5.74) is -0.458. The Kier molecular flexibility index (Phi) is 9.05. The van der Waals surface area contributed by atoms with Gasteiger partial charge in [-0.15, -0.1) is 0 Å². The summed E-state index contributed by atoms with van der Waals surface area (Å²) in [4.78, 5) is 17.1. The Bertz CT molecular complexity index is 1080. The van der Waals surface area contributed by atoms with Gasteiger partial charge in [0.05, 0.1) is 18.2 Å². The Morgan fingerprint density at radius 1 is 1.22 bits per heavy atom. The average molecular weight is 549 g/mol. The maximum absolute atomic E-state index is 12.8. The number of thioether (sulfide) groups is 1. The van der Waals surface area contributed by atoms with Gasteiger partial charge in [-0.25, -0.2) is 9.78 Å². The average Bonchev–Trinajstić information content (AvgIpc) is 2.87. The first-order chi connectivity index (χ1) is 17.6. The van der Waals surface area contributed by atoms with Crippen LogP contribution < -0.4 is 14.8 Å². The standard InChI is InChI=1S/C29H41ClN2O4S/c1-6-25(32-27(33)36-28(2,3)4)29(20-10-15-37-16-11-20)12-7-21(8-13-29)35-24-17-19-9-14-31-26(34-5)22(19)18-23(24)30/h9,14,17-18,20-21,25H,6-8,10-13,15-16H2,1-5H3,(H,32,33)/t21?,25-,29?/m1/s1. The van der Waals surface area contributed by atoms with Crippen molar-refractivity contribution in [1.82, 2.24) is 10.3 Å². The Morgan fingerprint density at radius 2 is 1.92 bits per heavy atom. The molecule has 1 aliphatic carbocycles. The van der Waals surface area contributed by atoms with Gasteiger partial charge in [0, 0.05) is 17.6 Å². The second-order valence-corrected chi connectivity index (χ2v) is 13.0. The minimum Gasteiger partial charge on any atom is -0.489 e. The Labute approximate surface area is 230 Å². The van der Waals surface area contributed by atoms with Crippen LogP contribution in [-0.2, 0) is 4.74 Å². The molecule has 0 unspecified atom stereocenters. The molecule has 1 aromatic heterocycles. The number of rotatable bonds is 7. The number of methoxy groups -OCH3 is 1. The first-order valence-electron chi connectivity index (χ1n) is 13.5. The van der Waals surface area contributed by atoms with Gasteiger partial charge in [0.15, 0.2) is 0 Å². The molecule has 4 rings (SSSR count). The molecule has 2 fully saturated rings. The van der Waals surface area contributed by atoms with E-state index < -0.39 is 5.60 Å². The number of ether oxygens (including phenoxy) is 3. The monoisotopic (exact) mass is 548 g/mol. The maximum atomic E-state index is 12.8. The highest BCUT2D eigenvalue weighted by molar-refractivity contribution is 7.99. The highest BCUT2D eigenvalue weighted by Gasteiger charge is 2.48. The quantitative estimate of drug-likeness (QED) is 0.383. The third-order valence-electron chi connectivity index (χ3n) is 7.96. The molecule has 37 heavy (non-hydrogen) atoms. The van der Waals surface area contributed by atoms with Crippen molar-refractivity contribution in [3.8, 4) is 11.6 Å². The van der Waals surface area contributed by atoms with Crippen molar-refractivity contribution in [2.24, 2.45) is 11.3 Å². The summed E-state index contributed by atoms with van der Waals surface area (Å²) in [6.07, 6.45) is 8.71. The van der Waals surface area contributed by atoms with E-state index in [0.717, 1.165) is 42.9 Å². The number of halogens is 1. The van der Waals surface area contributed by atoms with Gasteiger partial charge >= 0.3 is 6.09 Å². The van der Waals surface area contributed by atoms with Crippen LogP contribution in [0.15, 0.2) is 24.4 Å². The van der Waals surface area contributed by atoms with Crippen LogP contribution in [0.25, 0.3) is 10.8 Å². The fourth-order valence-corrected chi connectivity index (χ4v) is 7.56. The molecule has 1 amide bonds. The number of alkyl carbamates (subject to hydrolysis) is 1. The summed E-state index contributed by atoms with van der Waals surface area (Å²) in [5.74, 6) is 4.24. The number of nitrogens with one attached hydrogen (secondary N) is 1. The summed E-state index contributed by atoms with van der Waals surface area (Å²) in [6, 6.07) is 5.90. The molecule has 8 heteroatoms. The Hall–Kier alpha value is -1.86. The van der Waals surface area contributed by atoms with Gasteiger partial charge in [0.2, 0.25) is 5.88 Å². The lowest BCUT2D eigenvalue weighted by molar-refractivity contribution is -0.00762. The van der Waals surface area contributed by atoms with Crippen LogP contribution in [0.4, 0.5) is 4.79 Å². The van der Waals surface area contributed by atoms with Gasteiger partial charge in [0.1, 0.15) is 11.4 Å². The van der Waals surface area contributed by atoms with Crippen LogP contribution >= 0.6 is 23.4 Å². The van der Waals surface area contributed by atoms with E-state index >= 15 is 0 Å². The van der Waals surface area contributed by atoms with E-state index in [4.69, 9.17) is 25.8 Å². The minimum atomic E-state index is -0.512. The summed E-state index contributed by atoms with van der Waals surface area (Å²) < 4.78 is 17.5. The van der Waals surface area contributed by atoms with E-state index in [0.29, 0.717) is 22.6 Å². The fourth-order valence-electron chi connectivity index (χ4n) is 6.24. The van der Waals surface area contributed by atoms with Gasteiger partial charge in [0.25, 0.3) is 0 Å². The molecule has 1 saturated carbocycles. The number of hydrogen-bond acceptors (Lipinski definition) is 6. The molecular formula is C29H41ClN2O4S. The number of nitrogens with zero attached hydrogens (tertiary/aromatic N) is 1. The summed E-state index contributed by atoms with van der Waals surface area (Å²) >= 11 is 8.69. The van der Waals surface area contributed by atoms with Gasteiger partial charge in [-0.05, 0) is 112 Å². The second kappa shape index (κ2) is 11.9. The number of benzene rings is 1. The first-order valence-corrected chi connectivity index (χ1v) is 15.0. The molecule has 1 aromatic carbocycles. The molecule has 2 heterocycles. The van der Waals surface area contributed by atoms with Crippen molar-refractivity contribution in [2.75, 3.05) is 18.6 Å². The van der Waals surface area contributed by atoms with Crippen molar-refractivity contribution in [3.63, 3.8) is 0 Å². The zero-order valence-electron chi connectivity index (χ0n) is 22.8. The summed E-state index contributed by atoms with van der Waals surface area (Å²) in [5, 5.41) is 5.72. The van der Waals surface area contributed by atoms with Crippen LogP contribution in [0.2, 0.25) is 5.02 Å². The van der Waals surface area contributed by atoms with Crippen LogP contribution in [0, 0.1) is 11.3 Å². The Balaban J connectivity index is 1.51. The van der Waals surface area contributed by atoms with Crippen LogP contribution in [0.3, 0.4) is 0 Å². The van der Waals surface area contributed by atoms with Crippen LogP contribution in [0.1, 0.15) is 72.6 Å². The van der Waals surface area contributed by atoms with E-state index in [1.165, 1.54) is 24.3 Å². The lowest BCUT2D eigenvalue weighted by Gasteiger charge is -2.51. The molecule has 1 saturated heterocycles. The van der Waals surface area contributed by atoms with E-state index in [-0.39, 0.29) is 23.7 Å². The molecule has 2 aromatic rings. The lowest BCUT2D eigenvalue weighted by atomic mass is 9.59. The normalized spacial score (nSPS) is 23.9. The van der Waals surface area contributed by atoms with Crippen molar-refractivity contribution < 1.29 is 19.0 Å². The number of pyridine rings is 1. The number of carbonyl (C=O) groups is 1. The number of fused-ring (bicyclic) bond motifs is 1. The molecule has 1 N–H and O–H groups in total. The van der Waals surface area contributed by atoms with Crippen molar-refractivity contribution >= 4 is 40.2 Å². The number of hydrogen-bond donors (Lipinski definition) is 1. The molecular weight excluding hydrogens is 508 g/mol. The lowest BCUT2D eigenvalue weighted by Crippen LogP contribution is -2.55. The zero-order chi connectivity index (χ0) is 26.6. The first kappa shape index (κ1) is 28.2. The number of aromatic nitrogens is 1. The topological polar surface area (TPSA) is 69.7 Å². The van der Waals surface area contributed by atoms with Crippen molar-refractivity contribution in [1.29, 1.82) is 0 Å². The number of carbonyl (C=O) groups excluding carboxylic acids is 1. The van der Waals surface area contributed by atoms with Crippen LogP contribution in [-0.4, -0.2) is 47.4 Å². The van der Waals surface area contributed by atoms with E-state index in [1.54, 1.807) is 13.3 Å². The minimum absolute atomic E-state index is 0.0543. The Morgan fingerprint density at radius 3 is 2.54 bits per heavy atom. The van der Waals surface area contributed by atoms with Crippen molar-refractivity contribution in [2.45, 2.75) is 90.4 Å². The largest absolute Gasteiger partial charge is 0.489 e. The van der Waals surface area contributed by atoms with E-state index in [9.17, 15) is 4.79 Å². The zero-order valence-corrected chi connectivity index (χ0v) is 24.3. The molecule has 0 bridgehead atoms. The third kappa shape index (κ3) is 6.59. The summed E-state index contributed by atoms with van der Waals surface area (Å²) in [7, 11) is 1.61. The predicted molar refractivity (Wildman–Crippen MR) is 152 cm³/mol.